The summed E-state index contributed by atoms with van der Waals surface area (Å²) in [5, 5.41) is 0. The van der Waals surface area contributed by atoms with Gasteiger partial charge >= 0.3 is 0 Å². The molecule has 0 amide bonds. The van der Waals surface area contributed by atoms with E-state index in [0.29, 0.717) is 6.10 Å². The van der Waals surface area contributed by atoms with Crippen LogP contribution in [-0.2, 0) is 4.74 Å². The first-order chi connectivity index (χ1) is 6.66. The van der Waals surface area contributed by atoms with Crippen LogP contribution in [0, 0.1) is 6.92 Å². The number of rotatable bonds is 1. The molecule has 0 aliphatic carbocycles. The van der Waals surface area contributed by atoms with Crippen molar-refractivity contribution in [3.8, 4) is 0 Å². The zero-order valence-electron chi connectivity index (χ0n) is 9.03. The Hall–Kier alpha value is -1.02. The summed E-state index contributed by atoms with van der Waals surface area (Å²) < 4.78 is 5.68. The molecule has 0 N–H and O–H groups in total. The van der Waals surface area contributed by atoms with E-state index >= 15 is 0 Å². The highest BCUT2D eigenvalue weighted by Gasteiger charge is 2.26. The third-order valence-electron chi connectivity index (χ3n) is 2.69. The topological polar surface area (TPSA) is 12.5 Å². The Labute approximate surface area is 85.5 Å². The zero-order chi connectivity index (χ0) is 10.1. The summed E-state index contributed by atoms with van der Waals surface area (Å²) in [6.45, 7) is 7.31. The maximum Gasteiger partial charge on any atom is 0.127 e. The van der Waals surface area contributed by atoms with Gasteiger partial charge in [0, 0.05) is 12.2 Å². The van der Waals surface area contributed by atoms with Gasteiger partial charge < -0.3 is 9.64 Å². The van der Waals surface area contributed by atoms with Crippen molar-refractivity contribution in [2.75, 3.05) is 11.4 Å². The second-order valence-electron chi connectivity index (χ2n) is 4.03. The van der Waals surface area contributed by atoms with Gasteiger partial charge in [-0.25, -0.2) is 0 Å². The minimum atomic E-state index is 0.202. The van der Waals surface area contributed by atoms with E-state index in [4.69, 9.17) is 4.74 Å². The Kier molecular flexibility index (Phi) is 2.46. The number of hydrogen-bond donors (Lipinski definition) is 0. The molecule has 1 aromatic rings. The number of anilines is 1. The predicted octanol–water partition coefficient (Wildman–Crippen LogP) is 2.57. The third kappa shape index (κ3) is 1.75. The Bertz CT molecular complexity index is 307. The maximum atomic E-state index is 5.68. The predicted molar refractivity (Wildman–Crippen MR) is 58.5 cm³/mol. The highest BCUT2D eigenvalue weighted by Crippen LogP contribution is 2.24. The van der Waals surface area contributed by atoms with Gasteiger partial charge in [-0.05, 0) is 32.9 Å². The van der Waals surface area contributed by atoms with Crippen molar-refractivity contribution in [1.29, 1.82) is 0 Å². The summed E-state index contributed by atoms with van der Waals surface area (Å²) >= 11 is 0. The summed E-state index contributed by atoms with van der Waals surface area (Å²) in [6, 6.07) is 8.61. The van der Waals surface area contributed by atoms with Crippen molar-refractivity contribution in [2.24, 2.45) is 0 Å². The van der Waals surface area contributed by atoms with Gasteiger partial charge in [0.05, 0.1) is 6.10 Å². The van der Waals surface area contributed by atoms with E-state index in [9.17, 15) is 0 Å². The molecule has 1 saturated heterocycles. The number of nitrogens with zero attached hydrogens (tertiary/aromatic N) is 1. The largest absolute Gasteiger partial charge is 0.354 e. The van der Waals surface area contributed by atoms with Gasteiger partial charge in [0.25, 0.3) is 0 Å². The highest BCUT2D eigenvalue weighted by molar-refractivity contribution is 5.48. The molecule has 0 saturated carbocycles. The lowest BCUT2D eigenvalue weighted by Crippen LogP contribution is -2.27. The van der Waals surface area contributed by atoms with E-state index in [1.807, 2.05) is 0 Å². The summed E-state index contributed by atoms with van der Waals surface area (Å²) in [7, 11) is 0. The van der Waals surface area contributed by atoms with Crippen LogP contribution in [0.3, 0.4) is 0 Å². The van der Waals surface area contributed by atoms with Gasteiger partial charge in [0.1, 0.15) is 6.23 Å². The number of hydrogen-bond acceptors (Lipinski definition) is 2. The summed E-state index contributed by atoms with van der Waals surface area (Å²) in [5.74, 6) is 0. The second-order valence-corrected chi connectivity index (χ2v) is 4.03. The molecule has 0 radical (unpaired) electrons. The van der Waals surface area contributed by atoms with Crippen molar-refractivity contribution in [1.82, 2.24) is 0 Å². The molecule has 2 heteroatoms. The van der Waals surface area contributed by atoms with Crippen LogP contribution in [0.4, 0.5) is 5.69 Å². The number of aryl methyl sites for hydroxylation is 1. The minimum Gasteiger partial charge on any atom is -0.354 e. The Balaban J connectivity index is 2.19. The van der Waals surface area contributed by atoms with Crippen LogP contribution in [0.5, 0.6) is 0 Å². The molecule has 0 aromatic heterocycles. The highest BCUT2D eigenvalue weighted by atomic mass is 16.5. The molecule has 1 heterocycles. The average molecular weight is 191 g/mol. The lowest BCUT2D eigenvalue weighted by molar-refractivity contribution is 0.0706. The molecule has 0 spiro atoms. The molecule has 1 aliphatic rings. The van der Waals surface area contributed by atoms with Gasteiger partial charge in [0.2, 0.25) is 0 Å². The number of benzene rings is 1. The SMILES string of the molecule is Cc1ccc(N2CC(C)OC2C)cc1. The molecule has 76 valence electrons. The van der Waals surface area contributed by atoms with E-state index in [0.717, 1.165) is 6.54 Å². The Morgan fingerprint density at radius 2 is 1.86 bits per heavy atom. The Morgan fingerprint density at radius 3 is 2.36 bits per heavy atom. The first kappa shape index (κ1) is 9.53. The molecule has 2 nitrogen and oxygen atoms in total. The quantitative estimate of drug-likeness (QED) is 0.676. The van der Waals surface area contributed by atoms with E-state index < -0.39 is 0 Å². The summed E-state index contributed by atoms with van der Waals surface area (Å²) in [4.78, 5) is 2.30. The van der Waals surface area contributed by atoms with Crippen molar-refractivity contribution in [3.63, 3.8) is 0 Å². The molecular weight excluding hydrogens is 174 g/mol. The molecule has 2 unspecified atom stereocenters. The second kappa shape index (κ2) is 3.62. The van der Waals surface area contributed by atoms with Crippen molar-refractivity contribution in [3.05, 3.63) is 29.8 Å². The summed E-state index contributed by atoms with van der Waals surface area (Å²) in [6.07, 6.45) is 0.541. The van der Waals surface area contributed by atoms with E-state index in [2.05, 4.69) is 49.9 Å². The maximum absolute atomic E-state index is 5.68. The monoisotopic (exact) mass is 191 g/mol. The van der Waals surface area contributed by atoms with Crippen LogP contribution >= 0.6 is 0 Å². The van der Waals surface area contributed by atoms with Gasteiger partial charge in [-0.3, -0.25) is 0 Å². The molecule has 1 aliphatic heterocycles. The lowest BCUT2D eigenvalue weighted by atomic mass is 10.2. The molecular formula is C12H17NO. The molecule has 1 aromatic carbocycles. The van der Waals surface area contributed by atoms with Gasteiger partial charge in [-0.1, -0.05) is 17.7 Å². The van der Waals surface area contributed by atoms with Crippen LogP contribution in [-0.4, -0.2) is 18.9 Å². The van der Waals surface area contributed by atoms with Gasteiger partial charge in [0.15, 0.2) is 0 Å². The molecule has 2 rings (SSSR count). The fourth-order valence-corrected chi connectivity index (χ4v) is 1.93. The first-order valence-electron chi connectivity index (χ1n) is 5.15. The zero-order valence-corrected chi connectivity index (χ0v) is 9.03. The fourth-order valence-electron chi connectivity index (χ4n) is 1.93. The normalized spacial score (nSPS) is 26.9. The van der Waals surface area contributed by atoms with Crippen LogP contribution in [0.2, 0.25) is 0 Å². The lowest BCUT2D eigenvalue weighted by Gasteiger charge is -2.21. The van der Waals surface area contributed by atoms with Crippen molar-refractivity contribution < 1.29 is 4.74 Å². The molecule has 2 atom stereocenters. The van der Waals surface area contributed by atoms with Crippen LogP contribution in [0.25, 0.3) is 0 Å². The average Bonchev–Trinajstić information content (AvgIpc) is 2.47. The first-order valence-corrected chi connectivity index (χ1v) is 5.15. The third-order valence-corrected chi connectivity index (χ3v) is 2.69. The van der Waals surface area contributed by atoms with Crippen LogP contribution in [0.15, 0.2) is 24.3 Å². The molecule has 0 bridgehead atoms. The number of ether oxygens (including phenoxy) is 1. The molecule has 14 heavy (non-hydrogen) atoms. The van der Waals surface area contributed by atoms with Crippen molar-refractivity contribution >= 4 is 5.69 Å². The van der Waals surface area contributed by atoms with E-state index in [1.165, 1.54) is 11.3 Å². The van der Waals surface area contributed by atoms with Crippen molar-refractivity contribution in [2.45, 2.75) is 33.1 Å². The van der Waals surface area contributed by atoms with E-state index in [1.54, 1.807) is 0 Å². The standard InChI is InChI=1S/C12H17NO/c1-9-4-6-12(7-5-9)13-8-10(2)14-11(13)3/h4-7,10-11H,8H2,1-3H3. The van der Waals surface area contributed by atoms with Crippen LogP contribution in [0.1, 0.15) is 19.4 Å². The smallest absolute Gasteiger partial charge is 0.127 e. The minimum absolute atomic E-state index is 0.202. The summed E-state index contributed by atoms with van der Waals surface area (Å²) in [5.41, 5.74) is 2.56. The van der Waals surface area contributed by atoms with E-state index in [-0.39, 0.29) is 6.23 Å². The van der Waals surface area contributed by atoms with Crippen LogP contribution < -0.4 is 4.90 Å². The Morgan fingerprint density at radius 1 is 1.21 bits per heavy atom. The fraction of sp³-hybridized carbons (Fsp3) is 0.500. The molecule has 1 fully saturated rings. The van der Waals surface area contributed by atoms with Gasteiger partial charge in [-0.15, -0.1) is 0 Å². The van der Waals surface area contributed by atoms with Gasteiger partial charge in [-0.2, -0.15) is 0 Å².